The molecule has 1 aliphatic rings. The van der Waals surface area contributed by atoms with Gasteiger partial charge in [0, 0.05) is 53.1 Å². The van der Waals surface area contributed by atoms with Crippen LogP contribution in [0.1, 0.15) is 38.8 Å². The van der Waals surface area contributed by atoms with Crippen LogP contribution in [0.25, 0.3) is 33.3 Å². The molecule has 5 aromatic rings. The van der Waals surface area contributed by atoms with Crippen molar-refractivity contribution in [2.75, 3.05) is 14.2 Å². The van der Waals surface area contributed by atoms with Gasteiger partial charge < -0.3 is 14.6 Å². The predicted molar refractivity (Wildman–Crippen MR) is 177 cm³/mol. The monoisotopic (exact) mass is 756 g/mol. The molecule has 2 aromatic heterocycles. The molecular formula is C32H20Br2Cl2N2O6. The molecule has 0 saturated heterocycles. The third kappa shape index (κ3) is 6.27. The minimum Gasteiger partial charge on any atom is -0.465 e. The molecule has 44 heavy (non-hydrogen) atoms. The first-order valence-corrected chi connectivity index (χ1v) is 15.1. The van der Waals surface area contributed by atoms with E-state index in [0.29, 0.717) is 58.6 Å². The van der Waals surface area contributed by atoms with Crippen molar-refractivity contribution in [3.63, 3.8) is 0 Å². The molecule has 1 aliphatic carbocycles. The van der Waals surface area contributed by atoms with Crippen molar-refractivity contribution >= 4 is 100 Å². The summed E-state index contributed by atoms with van der Waals surface area (Å²) in [6, 6.07) is 14.9. The lowest BCUT2D eigenvalue weighted by Gasteiger charge is -2.14. The van der Waals surface area contributed by atoms with Crippen molar-refractivity contribution in [3.05, 3.63) is 124 Å². The number of rotatable bonds is 2. The first-order valence-electron chi connectivity index (χ1n) is 12.8. The Morgan fingerprint density at radius 1 is 0.841 bits per heavy atom. The molecule has 0 aliphatic heterocycles. The summed E-state index contributed by atoms with van der Waals surface area (Å²) in [5.41, 5.74) is 2.86. The Morgan fingerprint density at radius 2 is 1.50 bits per heavy atom. The van der Waals surface area contributed by atoms with Crippen LogP contribution in [0, 0.1) is 0 Å². The number of carbonyl (C=O) groups is 2. The number of carbonyl (C=O) groups excluding carboxylic acids is 2. The van der Waals surface area contributed by atoms with Crippen molar-refractivity contribution in [1.82, 2.24) is 9.97 Å². The van der Waals surface area contributed by atoms with E-state index < -0.39 is 18.0 Å². The van der Waals surface area contributed by atoms with Gasteiger partial charge >= 0.3 is 11.9 Å². The highest BCUT2D eigenvalue weighted by Crippen LogP contribution is 2.38. The molecule has 0 saturated carbocycles. The molecule has 6 rings (SSSR count). The third-order valence-electron chi connectivity index (χ3n) is 6.80. The largest absolute Gasteiger partial charge is 0.465 e. The Morgan fingerprint density at radius 3 is 2.23 bits per heavy atom. The van der Waals surface area contributed by atoms with Crippen LogP contribution in [0.3, 0.4) is 0 Å². The SMILES string of the molecule is COC(=O)C1=Cc2cc(Br)cnc2C(O)c2ccc(Cl)cc21.COC(=O)c1cc2cc(Br)cnc2c(=O)c2ccc(Cl)cc12. The normalized spacial score (nSPS) is 13.5. The lowest BCUT2D eigenvalue weighted by molar-refractivity contribution is -0.133. The number of halogens is 4. The van der Waals surface area contributed by atoms with Crippen LogP contribution in [0.15, 0.2) is 80.7 Å². The molecule has 1 N–H and O–H groups in total. The Kier molecular flexibility index (Phi) is 9.48. The van der Waals surface area contributed by atoms with E-state index in [-0.39, 0.29) is 16.5 Å². The number of pyridine rings is 2. The molecule has 1 atom stereocenters. The van der Waals surface area contributed by atoms with Crippen molar-refractivity contribution in [1.29, 1.82) is 0 Å². The molecule has 12 heteroatoms. The number of aliphatic hydroxyl groups is 1. The fourth-order valence-corrected chi connectivity index (χ4v) is 5.84. The van der Waals surface area contributed by atoms with Crippen LogP contribution in [0.2, 0.25) is 10.0 Å². The van der Waals surface area contributed by atoms with Gasteiger partial charge in [-0.05, 0) is 97.6 Å². The zero-order valence-corrected chi connectivity index (χ0v) is 27.6. The first-order chi connectivity index (χ1) is 21.0. The number of aliphatic hydroxyl groups excluding tert-OH is 1. The number of benzene rings is 2. The summed E-state index contributed by atoms with van der Waals surface area (Å²) in [5.74, 6) is -1.03. The maximum atomic E-state index is 12.7. The van der Waals surface area contributed by atoms with Gasteiger partial charge in [0.25, 0.3) is 0 Å². The smallest absolute Gasteiger partial charge is 0.338 e. The van der Waals surface area contributed by atoms with E-state index in [0.717, 1.165) is 4.47 Å². The summed E-state index contributed by atoms with van der Waals surface area (Å²) in [7, 11) is 2.61. The van der Waals surface area contributed by atoms with Crippen LogP contribution < -0.4 is 5.43 Å². The van der Waals surface area contributed by atoms with Gasteiger partial charge in [-0.2, -0.15) is 0 Å². The summed E-state index contributed by atoms with van der Waals surface area (Å²) in [6.07, 6.45) is 3.86. The summed E-state index contributed by atoms with van der Waals surface area (Å²) >= 11 is 18.7. The summed E-state index contributed by atoms with van der Waals surface area (Å²) in [6.45, 7) is 0. The van der Waals surface area contributed by atoms with Gasteiger partial charge in [0.2, 0.25) is 5.43 Å². The van der Waals surface area contributed by atoms with Crippen LogP contribution in [0.4, 0.5) is 0 Å². The van der Waals surface area contributed by atoms with E-state index in [1.165, 1.54) is 14.2 Å². The van der Waals surface area contributed by atoms with Gasteiger partial charge in [-0.3, -0.25) is 14.8 Å². The molecule has 3 aromatic carbocycles. The van der Waals surface area contributed by atoms with Gasteiger partial charge in [-0.1, -0.05) is 29.3 Å². The Labute approximate surface area is 277 Å². The third-order valence-corrected chi connectivity index (χ3v) is 8.14. The number of ether oxygens (including phenoxy) is 2. The van der Waals surface area contributed by atoms with E-state index >= 15 is 0 Å². The number of fused-ring (bicyclic) bond motifs is 4. The summed E-state index contributed by atoms with van der Waals surface area (Å²) in [4.78, 5) is 45.4. The summed E-state index contributed by atoms with van der Waals surface area (Å²) in [5, 5.41) is 12.9. The minimum absolute atomic E-state index is 0.260. The maximum absolute atomic E-state index is 12.7. The maximum Gasteiger partial charge on any atom is 0.338 e. The number of aromatic nitrogens is 2. The van der Waals surface area contributed by atoms with Crippen LogP contribution >= 0.6 is 55.1 Å². The average Bonchev–Trinajstić information content (AvgIpc) is 3.20. The Hall–Kier alpha value is -3.67. The first kappa shape index (κ1) is 31.7. The zero-order chi connectivity index (χ0) is 31.7. The number of hydrogen-bond acceptors (Lipinski definition) is 8. The second-order valence-electron chi connectivity index (χ2n) is 9.47. The highest BCUT2D eigenvalue weighted by molar-refractivity contribution is 9.10. The number of nitrogens with zero attached hydrogens (tertiary/aromatic N) is 2. The van der Waals surface area contributed by atoms with Crippen molar-refractivity contribution in [2.45, 2.75) is 6.10 Å². The second-order valence-corrected chi connectivity index (χ2v) is 12.2. The lowest BCUT2D eigenvalue weighted by Crippen LogP contribution is -2.08. The fraction of sp³-hybridized carbons (Fsp3) is 0.0938. The van der Waals surface area contributed by atoms with Crippen LogP contribution in [0.5, 0.6) is 0 Å². The number of esters is 2. The zero-order valence-electron chi connectivity index (χ0n) is 22.9. The van der Waals surface area contributed by atoms with Crippen molar-refractivity contribution in [3.8, 4) is 0 Å². The van der Waals surface area contributed by atoms with E-state index in [2.05, 4.69) is 41.8 Å². The molecular weight excluding hydrogens is 739 g/mol. The van der Waals surface area contributed by atoms with E-state index in [1.54, 1.807) is 73.1 Å². The highest BCUT2D eigenvalue weighted by atomic mass is 79.9. The topological polar surface area (TPSA) is 116 Å². The Balaban J connectivity index is 0.000000175. The van der Waals surface area contributed by atoms with Crippen molar-refractivity contribution in [2.24, 2.45) is 0 Å². The minimum atomic E-state index is -0.950. The molecule has 8 nitrogen and oxygen atoms in total. The molecule has 0 bridgehead atoms. The van der Waals surface area contributed by atoms with Gasteiger partial charge in [0.05, 0.1) is 31.1 Å². The molecule has 0 fully saturated rings. The molecule has 1 unspecified atom stereocenters. The standard InChI is InChI=1S/C16H11BrClNO3.C16H9BrClNO3/c2*1-22-16(21)13-5-8-4-9(17)7-19-14(8)15(20)11-3-2-10(18)6-12(11)13/h2-7,15,20H,1H3;2-7H,1H3. The lowest BCUT2D eigenvalue weighted by atomic mass is 9.97. The van der Waals surface area contributed by atoms with Crippen LogP contribution in [-0.4, -0.2) is 41.2 Å². The summed E-state index contributed by atoms with van der Waals surface area (Å²) < 4.78 is 11.2. The van der Waals surface area contributed by atoms with Gasteiger partial charge in [0.1, 0.15) is 11.6 Å². The van der Waals surface area contributed by atoms with E-state index in [4.69, 9.17) is 32.7 Å². The second kappa shape index (κ2) is 13.1. The Bertz CT molecular complexity index is 2090. The number of methoxy groups -OCH3 is 2. The van der Waals surface area contributed by atoms with Gasteiger partial charge in [-0.25, -0.2) is 9.59 Å². The molecule has 0 spiro atoms. The van der Waals surface area contributed by atoms with Crippen molar-refractivity contribution < 1.29 is 24.2 Å². The molecule has 222 valence electrons. The van der Waals surface area contributed by atoms with Gasteiger partial charge in [0.15, 0.2) is 0 Å². The highest BCUT2D eigenvalue weighted by Gasteiger charge is 2.27. The molecule has 2 heterocycles. The molecule has 0 radical (unpaired) electrons. The predicted octanol–water partition coefficient (Wildman–Crippen LogP) is 7.56. The average molecular weight is 759 g/mol. The van der Waals surface area contributed by atoms with E-state index in [1.807, 2.05) is 0 Å². The van der Waals surface area contributed by atoms with Gasteiger partial charge in [-0.15, -0.1) is 0 Å². The quantitative estimate of drug-likeness (QED) is 0.184. The molecule has 0 amide bonds. The van der Waals surface area contributed by atoms with E-state index in [9.17, 15) is 19.5 Å². The number of hydrogen-bond donors (Lipinski definition) is 1. The van der Waals surface area contributed by atoms with Crippen LogP contribution in [-0.2, 0) is 14.3 Å². The fourth-order valence-electron chi connectivity index (χ4n) is 4.80.